The second-order valence-electron chi connectivity index (χ2n) is 2.87. The molecule has 1 aromatic rings. The molecule has 0 aromatic carbocycles. The van der Waals surface area contributed by atoms with E-state index >= 15 is 0 Å². The maximum Gasteiger partial charge on any atom is 0.239 e. The molecule has 4 N–H and O–H groups in total. The topological polar surface area (TPSA) is 116 Å². The van der Waals surface area contributed by atoms with Gasteiger partial charge < -0.3 is 5.73 Å². The lowest BCUT2D eigenvalue weighted by Crippen LogP contribution is -2.13. The first-order chi connectivity index (χ1) is 6.89. The molecular formula is C8H10N3O3S. The maximum absolute atomic E-state index is 11.0. The van der Waals surface area contributed by atoms with Crippen LogP contribution in [0, 0.1) is 6.42 Å². The number of nitrogens with zero attached hydrogens (tertiary/aromatic N) is 1. The molecule has 0 aliphatic rings. The molecule has 1 rings (SSSR count). The van der Waals surface area contributed by atoms with Crippen molar-refractivity contribution in [3.63, 3.8) is 0 Å². The third-order valence-corrected chi connectivity index (χ3v) is 2.48. The number of carbonyl (C=O) groups excluding carboxylic acids is 1. The number of primary sulfonamides is 1. The largest absolute Gasteiger partial charge is 0.370 e. The van der Waals surface area contributed by atoms with Crippen molar-refractivity contribution >= 4 is 15.9 Å². The van der Waals surface area contributed by atoms with Crippen molar-refractivity contribution in [3.05, 3.63) is 30.4 Å². The normalized spacial score (nSPS) is 11.3. The number of sulfonamides is 1. The standard InChI is InChI=1S/C8H10N3O3S/c9-8(12)2-1-6-3-7(5-11-4-6)15(10,13)14/h1,3-5H,2H2,(H2,9,12)(H2,10,13,14). The molecule has 81 valence electrons. The SMILES string of the molecule is NC(=O)C[CH]c1cncc(S(N)(=O)=O)c1. The van der Waals surface area contributed by atoms with Gasteiger partial charge in [0.05, 0.1) is 0 Å². The monoisotopic (exact) mass is 228 g/mol. The summed E-state index contributed by atoms with van der Waals surface area (Å²) >= 11 is 0. The summed E-state index contributed by atoms with van der Waals surface area (Å²) in [6.45, 7) is 0. The Morgan fingerprint density at radius 1 is 1.47 bits per heavy atom. The first-order valence-electron chi connectivity index (χ1n) is 3.99. The second-order valence-corrected chi connectivity index (χ2v) is 4.43. The van der Waals surface area contributed by atoms with Crippen molar-refractivity contribution < 1.29 is 13.2 Å². The average molecular weight is 228 g/mol. The summed E-state index contributed by atoms with van der Waals surface area (Å²) in [6, 6.07) is 1.32. The van der Waals surface area contributed by atoms with Crippen LogP contribution in [0.3, 0.4) is 0 Å². The molecule has 0 unspecified atom stereocenters. The second kappa shape index (κ2) is 4.37. The van der Waals surface area contributed by atoms with Crippen LogP contribution in [0.15, 0.2) is 23.4 Å². The number of hydrogen-bond acceptors (Lipinski definition) is 4. The van der Waals surface area contributed by atoms with E-state index in [0.29, 0.717) is 5.56 Å². The molecule has 1 amide bonds. The molecule has 15 heavy (non-hydrogen) atoms. The van der Waals surface area contributed by atoms with Gasteiger partial charge >= 0.3 is 0 Å². The number of aromatic nitrogens is 1. The van der Waals surface area contributed by atoms with E-state index in [-0.39, 0.29) is 11.3 Å². The minimum atomic E-state index is -3.76. The lowest BCUT2D eigenvalue weighted by atomic mass is 10.1. The van der Waals surface area contributed by atoms with E-state index in [1.165, 1.54) is 18.7 Å². The van der Waals surface area contributed by atoms with Crippen molar-refractivity contribution in [2.75, 3.05) is 0 Å². The van der Waals surface area contributed by atoms with E-state index in [1.54, 1.807) is 0 Å². The van der Waals surface area contributed by atoms with Crippen LogP contribution in [0.2, 0.25) is 0 Å². The predicted octanol–water partition coefficient (Wildman–Crippen LogP) is -0.843. The Morgan fingerprint density at radius 2 is 2.13 bits per heavy atom. The summed E-state index contributed by atoms with van der Waals surface area (Å²) in [5, 5.41) is 4.91. The van der Waals surface area contributed by atoms with Crippen LogP contribution in [-0.2, 0) is 14.8 Å². The van der Waals surface area contributed by atoms with Crippen molar-refractivity contribution in [1.82, 2.24) is 4.98 Å². The fraction of sp³-hybridized carbons (Fsp3) is 0.125. The maximum atomic E-state index is 11.0. The van der Waals surface area contributed by atoms with Crippen LogP contribution in [0.25, 0.3) is 0 Å². The molecule has 1 radical (unpaired) electrons. The molecule has 6 nitrogen and oxygen atoms in total. The molecule has 0 atom stereocenters. The van der Waals surface area contributed by atoms with E-state index in [4.69, 9.17) is 10.9 Å². The summed E-state index contributed by atoms with van der Waals surface area (Å²) in [4.78, 5) is 14.1. The molecule has 1 aromatic heterocycles. The lowest BCUT2D eigenvalue weighted by Gasteiger charge is -2.01. The first kappa shape index (κ1) is 11.6. The molecule has 0 bridgehead atoms. The van der Waals surface area contributed by atoms with Gasteiger partial charge in [-0.2, -0.15) is 0 Å². The van der Waals surface area contributed by atoms with Crippen molar-refractivity contribution in [2.45, 2.75) is 11.3 Å². The molecule has 0 aliphatic heterocycles. The zero-order valence-corrected chi connectivity index (χ0v) is 8.57. The van der Waals surface area contributed by atoms with E-state index in [2.05, 4.69) is 4.98 Å². The van der Waals surface area contributed by atoms with E-state index in [0.717, 1.165) is 6.20 Å². The number of rotatable bonds is 4. The van der Waals surface area contributed by atoms with Gasteiger partial charge in [-0.1, -0.05) is 0 Å². The quantitative estimate of drug-likeness (QED) is 0.698. The summed E-state index contributed by atoms with van der Waals surface area (Å²) < 4.78 is 21.9. The van der Waals surface area contributed by atoms with E-state index in [9.17, 15) is 13.2 Å². The molecule has 0 aliphatic carbocycles. The Hall–Kier alpha value is -1.47. The van der Waals surface area contributed by atoms with Crippen LogP contribution in [-0.4, -0.2) is 19.3 Å². The summed E-state index contributed by atoms with van der Waals surface area (Å²) in [5.74, 6) is -0.504. The van der Waals surface area contributed by atoms with Gasteiger partial charge in [0.25, 0.3) is 0 Å². The fourth-order valence-electron chi connectivity index (χ4n) is 0.921. The smallest absolute Gasteiger partial charge is 0.239 e. The van der Waals surface area contributed by atoms with Gasteiger partial charge in [-0.15, -0.1) is 0 Å². The molecule has 0 saturated carbocycles. The Kier molecular flexibility index (Phi) is 3.38. The molecule has 0 spiro atoms. The molecule has 0 fully saturated rings. The minimum Gasteiger partial charge on any atom is -0.370 e. The summed E-state index contributed by atoms with van der Waals surface area (Å²) in [6.07, 6.45) is 4.05. The summed E-state index contributed by atoms with van der Waals surface area (Å²) in [5.41, 5.74) is 5.42. The fourth-order valence-corrected chi connectivity index (χ4v) is 1.43. The molecule has 0 saturated heterocycles. The van der Waals surface area contributed by atoms with Gasteiger partial charge in [-0.3, -0.25) is 9.78 Å². The highest BCUT2D eigenvalue weighted by Crippen LogP contribution is 2.10. The lowest BCUT2D eigenvalue weighted by molar-refractivity contribution is -0.117. The highest BCUT2D eigenvalue weighted by Gasteiger charge is 2.09. The number of carbonyl (C=O) groups is 1. The van der Waals surface area contributed by atoms with Crippen LogP contribution in [0.1, 0.15) is 12.0 Å². The Labute approximate surface area is 87.3 Å². The highest BCUT2D eigenvalue weighted by molar-refractivity contribution is 7.89. The first-order valence-corrected chi connectivity index (χ1v) is 5.53. The third-order valence-electron chi connectivity index (χ3n) is 1.60. The Morgan fingerprint density at radius 3 is 2.67 bits per heavy atom. The van der Waals surface area contributed by atoms with Gasteiger partial charge in [0, 0.05) is 25.2 Å². The van der Waals surface area contributed by atoms with Gasteiger partial charge in [-0.05, 0) is 11.6 Å². The summed E-state index contributed by atoms with van der Waals surface area (Å²) in [7, 11) is -3.76. The van der Waals surface area contributed by atoms with Crippen LogP contribution in [0.5, 0.6) is 0 Å². The van der Waals surface area contributed by atoms with Crippen molar-refractivity contribution in [3.8, 4) is 0 Å². The van der Waals surface area contributed by atoms with Gasteiger partial charge in [0.1, 0.15) is 4.90 Å². The average Bonchev–Trinajstić information content (AvgIpc) is 2.14. The zero-order chi connectivity index (χ0) is 11.5. The van der Waals surface area contributed by atoms with Crippen LogP contribution in [0.4, 0.5) is 0 Å². The number of amides is 1. The van der Waals surface area contributed by atoms with Crippen LogP contribution < -0.4 is 10.9 Å². The third kappa shape index (κ3) is 3.64. The molecular weight excluding hydrogens is 218 g/mol. The van der Waals surface area contributed by atoms with E-state index < -0.39 is 15.9 Å². The minimum absolute atomic E-state index is 0.0236. The number of hydrogen-bond donors (Lipinski definition) is 2. The number of nitrogens with two attached hydrogens (primary N) is 2. The molecule has 1 heterocycles. The number of primary amides is 1. The Balaban J connectivity index is 2.89. The molecule has 7 heteroatoms. The number of pyridine rings is 1. The van der Waals surface area contributed by atoms with Gasteiger partial charge in [0.15, 0.2) is 0 Å². The highest BCUT2D eigenvalue weighted by atomic mass is 32.2. The van der Waals surface area contributed by atoms with Crippen molar-refractivity contribution in [1.29, 1.82) is 0 Å². The van der Waals surface area contributed by atoms with Gasteiger partial charge in [0.2, 0.25) is 15.9 Å². The van der Waals surface area contributed by atoms with Crippen molar-refractivity contribution in [2.24, 2.45) is 10.9 Å². The van der Waals surface area contributed by atoms with Crippen LogP contribution >= 0.6 is 0 Å². The van der Waals surface area contributed by atoms with E-state index in [1.807, 2.05) is 0 Å². The predicted molar refractivity (Wildman–Crippen MR) is 52.8 cm³/mol. The van der Waals surface area contributed by atoms with Gasteiger partial charge in [-0.25, -0.2) is 13.6 Å². The Bertz CT molecular complexity index is 470. The zero-order valence-electron chi connectivity index (χ0n) is 7.75.